The van der Waals surface area contributed by atoms with Crippen LogP contribution in [0.2, 0.25) is 0 Å². The third-order valence-electron chi connectivity index (χ3n) is 3.13. The minimum absolute atomic E-state index is 0.593. The van der Waals surface area contributed by atoms with E-state index in [-0.39, 0.29) is 0 Å². The van der Waals surface area contributed by atoms with Gasteiger partial charge in [0.25, 0.3) is 0 Å². The minimum Gasteiger partial charge on any atom is -0.488 e. The number of nitrogens with one attached hydrogen (secondary N) is 1. The van der Waals surface area contributed by atoms with E-state index in [0.717, 1.165) is 28.8 Å². The fourth-order valence-electron chi connectivity index (χ4n) is 1.67. The first kappa shape index (κ1) is 13.6. The summed E-state index contributed by atoms with van der Waals surface area (Å²) >= 11 is 3.56. The lowest BCUT2D eigenvalue weighted by Crippen LogP contribution is -2.16. The zero-order chi connectivity index (χ0) is 13.0. The Hall–Kier alpha value is -0.800. The Morgan fingerprint density at radius 3 is 2.94 bits per heavy atom. The maximum atomic E-state index is 5.89. The molecule has 0 atom stereocenters. The molecule has 1 N–H and O–H groups in total. The summed E-state index contributed by atoms with van der Waals surface area (Å²) in [5.41, 5.74) is 2.33. The molecule has 0 unspecified atom stereocenters. The molecule has 98 valence electrons. The summed E-state index contributed by atoms with van der Waals surface area (Å²) in [6.07, 6.45) is 3.56. The highest BCUT2D eigenvalue weighted by Gasteiger charge is 2.21. The molecule has 1 aliphatic carbocycles. The molecule has 1 aromatic rings. The molecule has 0 spiro atoms. The molecule has 1 saturated carbocycles. The summed E-state index contributed by atoms with van der Waals surface area (Å²) in [6.45, 7) is 7.54. The van der Waals surface area contributed by atoms with E-state index < -0.39 is 0 Å². The fraction of sp³-hybridized carbons (Fsp3) is 0.467. The van der Waals surface area contributed by atoms with Crippen LogP contribution in [0.5, 0.6) is 5.75 Å². The molecule has 0 bridgehead atoms. The van der Waals surface area contributed by atoms with Gasteiger partial charge in [-0.15, -0.1) is 0 Å². The third kappa shape index (κ3) is 3.85. The maximum absolute atomic E-state index is 5.89. The monoisotopic (exact) mass is 309 g/mol. The lowest BCUT2D eigenvalue weighted by Gasteiger charge is -2.14. The predicted molar refractivity (Wildman–Crippen MR) is 78.9 cm³/mol. The highest BCUT2D eigenvalue weighted by atomic mass is 79.9. The Labute approximate surface area is 118 Å². The average molecular weight is 310 g/mol. The van der Waals surface area contributed by atoms with Crippen molar-refractivity contribution in [1.82, 2.24) is 5.32 Å². The van der Waals surface area contributed by atoms with Crippen LogP contribution in [0.4, 0.5) is 0 Å². The maximum Gasteiger partial charge on any atom is 0.138 e. The highest BCUT2D eigenvalue weighted by molar-refractivity contribution is 9.10. The molecule has 0 aromatic heterocycles. The number of halogens is 1. The van der Waals surface area contributed by atoms with Crippen LogP contribution < -0.4 is 10.1 Å². The number of hydrogen-bond donors (Lipinski definition) is 1. The zero-order valence-electron chi connectivity index (χ0n) is 10.8. The van der Waals surface area contributed by atoms with Crippen molar-refractivity contribution in [2.45, 2.75) is 38.8 Å². The van der Waals surface area contributed by atoms with Gasteiger partial charge in [0.1, 0.15) is 12.4 Å². The normalized spacial score (nSPS) is 14.6. The molecule has 0 amide bonds. The molecule has 0 aliphatic heterocycles. The van der Waals surface area contributed by atoms with E-state index >= 15 is 0 Å². The van der Waals surface area contributed by atoms with E-state index in [9.17, 15) is 0 Å². The van der Waals surface area contributed by atoms with E-state index in [1.54, 1.807) is 0 Å². The Kier molecular flexibility index (Phi) is 4.84. The van der Waals surface area contributed by atoms with Crippen molar-refractivity contribution >= 4 is 15.9 Å². The van der Waals surface area contributed by atoms with Gasteiger partial charge in [0.05, 0.1) is 4.47 Å². The molecule has 0 saturated heterocycles. The Morgan fingerprint density at radius 2 is 2.28 bits per heavy atom. The fourth-order valence-corrected chi connectivity index (χ4v) is 2.19. The second-order valence-electron chi connectivity index (χ2n) is 4.78. The van der Waals surface area contributed by atoms with Gasteiger partial charge in [0.2, 0.25) is 0 Å². The van der Waals surface area contributed by atoms with Crippen molar-refractivity contribution in [3.8, 4) is 5.75 Å². The Bertz CT molecular complexity index is 427. The first-order valence-corrected chi connectivity index (χ1v) is 7.30. The molecule has 3 heteroatoms. The van der Waals surface area contributed by atoms with Gasteiger partial charge >= 0.3 is 0 Å². The van der Waals surface area contributed by atoms with Crippen LogP contribution in [0, 0.1) is 0 Å². The summed E-state index contributed by atoms with van der Waals surface area (Å²) in [7, 11) is 0. The van der Waals surface area contributed by atoms with Crippen molar-refractivity contribution in [3.63, 3.8) is 0 Å². The largest absolute Gasteiger partial charge is 0.488 e. The molecule has 2 nitrogen and oxygen atoms in total. The van der Waals surface area contributed by atoms with E-state index in [0.29, 0.717) is 12.6 Å². The molecule has 1 aliphatic rings. The Morgan fingerprint density at radius 1 is 1.50 bits per heavy atom. The van der Waals surface area contributed by atoms with Crippen LogP contribution in [-0.4, -0.2) is 12.6 Å². The van der Waals surface area contributed by atoms with Gasteiger partial charge in [-0.1, -0.05) is 25.6 Å². The Balaban J connectivity index is 2.02. The number of ether oxygens (including phenoxy) is 1. The molecule has 18 heavy (non-hydrogen) atoms. The SMILES string of the molecule is C=C(CC)COc1c(Br)cccc1CNC1CC1. The molecule has 2 rings (SSSR count). The number of para-hydroxylation sites is 1. The highest BCUT2D eigenvalue weighted by Crippen LogP contribution is 2.30. The summed E-state index contributed by atoms with van der Waals surface area (Å²) in [5, 5.41) is 3.52. The van der Waals surface area contributed by atoms with Gasteiger partial charge in [-0.05, 0) is 46.8 Å². The topological polar surface area (TPSA) is 21.3 Å². The van der Waals surface area contributed by atoms with Crippen molar-refractivity contribution in [2.24, 2.45) is 0 Å². The second-order valence-corrected chi connectivity index (χ2v) is 5.63. The average Bonchev–Trinajstić information content (AvgIpc) is 3.18. The van der Waals surface area contributed by atoms with E-state index in [4.69, 9.17) is 4.74 Å². The van der Waals surface area contributed by atoms with E-state index in [2.05, 4.69) is 46.9 Å². The molecule has 0 heterocycles. The summed E-state index contributed by atoms with van der Waals surface area (Å²) in [6, 6.07) is 6.90. The van der Waals surface area contributed by atoms with Gasteiger partial charge in [-0.3, -0.25) is 0 Å². The molecule has 1 fully saturated rings. The second kappa shape index (κ2) is 6.39. The van der Waals surface area contributed by atoms with Crippen molar-refractivity contribution in [1.29, 1.82) is 0 Å². The van der Waals surface area contributed by atoms with Gasteiger partial charge in [0.15, 0.2) is 0 Å². The van der Waals surface area contributed by atoms with Gasteiger partial charge in [-0.25, -0.2) is 0 Å². The van der Waals surface area contributed by atoms with Crippen LogP contribution in [0.15, 0.2) is 34.8 Å². The lowest BCUT2D eigenvalue weighted by atomic mass is 10.2. The molecular weight excluding hydrogens is 290 g/mol. The van der Waals surface area contributed by atoms with Gasteiger partial charge < -0.3 is 10.1 Å². The first-order valence-electron chi connectivity index (χ1n) is 6.51. The van der Waals surface area contributed by atoms with Crippen LogP contribution in [0.3, 0.4) is 0 Å². The van der Waals surface area contributed by atoms with Crippen LogP contribution in [0.1, 0.15) is 31.7 Å². The van der Waals surface area contributed by atoms with Crippen molar-refractivity contribution in [3.05, 3.63) is 40.4 Å². The van der Waals surface area contributed by atoms with E-state index in [1.807, 2.05) is 6.07 Å². The minimum atomic E-state index is 0.593. The first-order chi connectivity index (χ1) is 8.70. The summed E-state index contributed by atoms with van der Waals surface area (Å²) in [5.74, 6) is 0.945. The van der Waals surface area contributed by atoms with Gasteiger partial charge in [0, 0.05) is 18.2 Å². The van der Waals surface area contributed by atoms with E-state index in [1.165, 1.54) is 18.4 Å². The van der Waals surface area contributed by atoms with Crippen LogP contribution in [0.25, 0.3) is 0 Å². The molecule has 0 radical (unpaired) electrons. The zero-order valence-corrected chi connectivity index (χ0v) is 12.4. The predicted octanol–water partition coefficient (Wildman–Crippen LogP) is 4.05. The van der Waals surface area contributed by atoms with Crippen molar-refractivity contribution < 1.29 is 4.74 Å². The molecule has 1 aromatic carbocycles. The number of hydrogen-bond acceptors (Lipinski definition) is 2. The summed E-state index contributed by atoms with van der Waals surface area (Å²) < 4.78 is 6.90. The number of rotatable bonds is 7. The molecular formula is C15H20BrNO. The third-order valence-corrected chi connectivity index (χ3v) is 3.75. The smallest absolute Gasteiger partial charge is 0.138 e. The summed E-state index contributed by atoms with van der Waals surface area (Å²) in [4.78, 5) is 0. The van der Waals surface area contributed by atoms with Crippen LogP contribution >= 0.6 is 15.9 Å². The number of benzene rings is 1. The van der Waals surface area contributed by atoms with Gasteiger partial charge in [-0.2, -0.15) is 0 Å². The van der Waals surface area contributed by atoms with Crippen molar-refractivity contribution in [2.75, 3.05) is 6.61 Å². The quantitative estimate of drug-likeness (QED) is 0.767. The van der Waals surface area contributed by atoms with Crippen LogP contribution in [-0.2, 0) is 6.54 Å². The standard InChI is InChI=1S/C15H20BrNO/c1-3-11(2)10-18-15-12(5-4-6-14(15)16)9-17-13-7-8-13/h4-6,13,17H,2-3,7-10H2,1H3. The lowest BCUT2D eigenvalue weighted by molar-refractivity contribution is 0.342.